The summed E-state index contributed by atoms with van der Waals surface area (Å²) in [4.78, 5) is 7.02. The van der Waals surface area contributed by atoms with Crippen LogP contribution in [0.25, 0.3) is 11.0 Å². The highest BCUT2D eigenvalue weighted by Gasteiger charge is 2.44. The van der Waals surface area contributed by atoms with Gasteiger partial charge in [-0.1, -0.05) is 6.07 Å². The summed E-state index contributed by atoms with van der Waals surface area (Å²) in [5, 5.41) is 3.51. The Morgan fingerprint density at radius 1 is 1.35 bits per heavy atom. The lowest BCUT2D eigenvalue weighted by atomic mass is 10.2. The second kappa shape index (κ2) is 4.38. The van der Waals surface area contributed by atoms with E-state index in [-0.39, 0.29) is 0 Å². The molecule has 2 aromatic rings. The molecule has 1 aromatic carbocycles. The van der Waals surface area contributed by atoms with Crippen molar-refractivity contribution in [1.82, 2.24) is 14.5 Å². The second-order valence-corrected chi connectivity index (χ2v) is 6.14. The average molecular weight is 271 g/mol. The van der Waals surface area contributed by atoms with E-state index < -0.39 is 0 Å². The van der Waals surface area contributed by atoms with Crippen molar-refractivity contribution in [3.8, 4) is 0 Å². The quantitative estimate of drug-likeness (QED) is 0.885. The van der Waals surface area contributed by atoms with E-state index in [0.717, 1.165) is 41.6 Å². The Bertz CT molecular complexity index is 637. The molecule has 5 nitrogen and oxygen atoms in total. The molecule has 0 radical (unpaired) electrons. The van der Waals surface area contributed by atoms with Gasteiger partial charge in [-0.15, -0.1) is 0 Å². The highest BCUT2D eigenvalue weighted by molar-refractivity contribution is 5.90. The van der Waals surface area contributed by atoms with E-state index in [0.29, 0.717) is 5.95 Å². The molecule has 0 spiro atoms. The van der Waals surface area contributed by atoms with Crippen molar-refractivity contribution in [2.24, 2.45) is 18.9 Å². The SMILES string of the molecule is Cn1c(N)nc2c(NCCN3CC4CC4C3)cccc21. The van der Waals surface area contributed by atoms with E-state index >= 15 is 0 Å². The molecule has 1 saturated carbocycles. The van der Waals surface area contributed by atoms with E-state index in [2.05, 4.69) is 33.4 Å². The number of nitrogens with two attached hydrogens (primary N) is 1. The Labute approximate surface area is 118 Å². The van der Waals surface area contributed by atoms with Crippen molar-refractivity contribution in [2.75, 3.05) is 37.2 Å². The van der Waals surface area contributed by atoms with Crippen LogP contribution in [0.15, 0.2) is 18.2 Å². The number of likely N-dealkylation sites (tertiary alicyclic amines) is 1. The number of hydrogen-bond acceptors (Lipinski definition) is 4. The standard InChI is InChI=1S/C15H21N5/c1-19-13-4-2-3-12(14(13)18-15(19)16)17-5-6-20-8-10-7-11(10)9-20/h2-4,10-11,17H,5-9H2,1H3,(H2,16,18). The van der Waals surface area contributed by atoms with Gasteiger partial charge in [-0.2, -0.15) is 0 Å². The Balaban J connectivity index is 1.44. The van der Waals surface area contributed by atoms with Crippen molar-refractivity contribution in [1.29, 1.82) is 0 Å². The fourth-order valence-electron chi connectivity index (χ4n) is 3.40. The smallest absolute Gasteiger partial charge is 0.201 e. The molecule has 1 aliphatic carbocycles. The fraction of sp³-hybridized carbons (Fsp3) is 0.533. The van der Waals surface area contributed by atoms with Crippen LogP contribution in [0, 0.1) is 11.8 Å². The molecule has 106 valence electrons. The number of para-hydroxylation sites is 1. The van der Waals surface area contributed by atoms with Crippen molar-refractivity contribution >= 4 is 22.7 Å². The predicted molar refractivity (Wildman–Crippen MR) is 81.7 cm³/mol. The van der Waals surface area contributed by atoms with Crippen LogP contribution < -0.4 is 11.1 Å². The van der Waals surface area contributed by atoms with Gasteiger partial charge in [0.2, 0.25) is 5.95 Å². The number of piperidine rings is 1. The number of benzene rings is 1. The van der Waals surface area contributed by atoms with E-state index in [1.165, 1.54) is 19.5 Å². The van der Waals surface area contributed by atoms with Gasteiger partial charge in [0.25, 0.3) is 0 Å². The first-order chi connectivity index (χ1) is 9.72. The second-order valence-electron chi connectivity index (χ2n) is 6.14. The molecule has 2 unspecified atom stereocenters. The van der Waals surface area contributed by atoms with Gasteiger partial charge in [0.15, 0.2) is 0 Å². The summed E-state index contributed by atoms with van der Waals surface area (Å²) in [5.74, 6) is 2.58. The summed E-state index contributed by atoms with van der Waals surface area (Å²) in [7, 11) is 1.95. The minimum atomic E-state index is 0.564. The zero-order chi connectivity index (χ0) is 13.7. The van der Waals surface area contributed by atoms with Crippen LogP contribution in [-0.4, -0.2) is 40.6 Å². The minimum Gasteiger partial charge on any atom is -0.382 e. The van der Waals surface area contributed by atoms with Gasteiger partial charge in [0.05, 0.1) is 11.2 Å². The van der Waals surface area contributed by atoms with Crippen molar-refractivity contribution in [3.63, 3.8) is 0 Å². The first-order valence-electron chi connectivity index (χ1n) is 7.39. The molecular formula is C15H21N5. The van der Waals surface area contributed by atoms with Crippen LogP contribution in [0.2, 0.25) is 0 Å². The number of aromatic nitrogens is 2. The molecular weight excluding hydrogens is 250 g/mol. The third-order valence-corrected chi connectivity index (χ3v) is 4.74. The number of fused-ring (bicyclic) bond motifs is 2. The molecule has 4 rings (SSSR count). The van der Waals surface area contributed by atoms with Gasteiger partial charge in [-0.25, -0.2) is 4.98 Å². The minimum absolute atomic E-state index is 0.564. The monoisotopic (exact) mass is 271 g/mol. The van der Waals surface area contributed by atoms with Gasteiger partial charge in [0.1, 0.15) is 5.52 Å². The van der Waals surface area contributed by atoms with E-state index in [4.69, 9.17) is 5.73 Å². The summed E-state index contributed by atoms with van der Waals surface area (Å²) in [5.41, 5.74) is 9.02. The number of rotatable bonds is 4. The van der Waals surface area contributed by atoms with E-state index in [1.807, 2.05) is 11.6 Å². The molecule has 20 heavy (non-hydrogen) atoms. The maximum Gasteiger partial charge on any atom is 0.201 e. The largest absolute Gasteiger partial charge is 0.382 e. The van der Waals surface area contributed by atoms with Gasteiger partial charge < -0.3 is 20.5 Å². The number of nitrogens with zero attached hydrogens (tertiary/aromatic N) is 3. The third-order valence-electron chi connectivity index (χ3n) is 4.74. The Morgan fingerprint density at radius 2 is 2.15 bits per heavy atom. The molecule has 1 aliphatic heterocycles. The number of aryl methyl sites for hydroxylation is 1. The van der Waals surface area contributed by atoms with Crippen molar-refractivity contribution in [3.05, 3.63) is 18.2 Å². The molecule has 3 N–H and O–H groups in total. The van der Waals surface area contributed by atoms with Crippen LogP contribution in [-0.2, 0) is 7.05 Å². The molecule has 1 saturated heterocycles. The normalized spacial score (nSPS) is 25.1. The lowest BCUT2D eigenvalue weighted by molar-refractivity contribution is 0.317. The number of hydrogen-bond donors (Lipinski definition) is 2. The first kappa shape index (κ1) is 12.0. The molecule has 0 bridgehead atoms. The highest BCUT2D eigenvalue weighted by Crippen LogP contribution is 2.44. The molecule has 2 heterocycles. The van der Waals surface area contributed by atoms with Crippen LogP contribution in [0.4, 0.5) is 11.6 Å². The van der Waals surface area contributed by atoms with Crippen LogP contribution in [0.5, 0.6) is 0 Å². The number of nitrogens with one attached hydrogen (secondary N) is 1. The first-order valence-corrected chi connectivity index (χ1v) is 7.39. The third kappa shape index (κ3) is 1.93. The number of nitrogen functional groups attached to an aromatic ring is 1. The zero-order valence-electron chi connectivity index (χ0n) is 11.8. The summed E-state index contributed by atoms with van der Waals surface area (Å²) < 4.78 is 1.93. The van der Waals surface area contributed by atoms with Crippen LogP contribution in [0.3, 0.4) is 0 Å². The molecule has 2 aliphatic rings. The summed E-state index contributed by atoms with van der Waals surface area (Å²) >= 11 is 0. The van der Waals surface area contributed by atoms with Gasteiger partial charge >= 0.3 is 0 Å². The Kier molecular flexibility index (Phi) is 2.63. The van der Waals surface area contributed by atoms with Crippen molar-refractivity contribution < 1.29 is 0 Å². The Morgan fingerprint density at radius 3 is 2.95 bits per heavy atom. The average Bonchev–Trinajstić information content (AvgIpc) is 2.94. The van der Waals surface area contributed by atoms with Crippen LogP contribution >= 0.6 is 0 Å². The topological polar surface area (TPSA) is 59.1 Å². The van der Waals surface area contributed by atoms with Gasteiger partial charge in [-0.05, 0) is 30.4 Å². The number of imidazole rings is 1. The van der Waals surface area contributed by atoms with E-state index in [1.54, 1.807) is 0 Å². The lowest BCUT2D eigenvalue weighted by Gasteiger charge is -2.17. The molecule has 2 fully saturated rings. The van der Waals surface area contributed by atoms with Gasteiger partial charge in [0, 0.05) is 33.2 Å². The van der Waals surface area contributed by atoms with Gasteiger partial charge in [-0.3, -0.25) is 0 Å². The maximum atomic E-state index is 5.89. The number of anilines is 2. The highest BCUT2D eigenvalue weighted by atomic mass is 15.2. The summed E-state index contributed by atoms with van der Waals surface area (Å²) in [6, 6.07) is 6.19. The Hall–Kier alpha value is -1.75. The molecule has 1 aromatic heterocycles. The fourth-order valence-corrected chi connectivity index (χ4v) is 3.40. The van der Waals surface area contributed by atoms with Crippen molar-refractivity contribution in [2.45, 2.75) is 6.42 Å². The zero-order valence-corrected chi connectivity index (χ0v) is 11.8. The molecule has 2 atom stereocenters. The summed E-state index contributed by atoms with van der Waals surface area (Å²) in [6.45, 7) is 4.68. The summed E-state index contributed by atoms with van der Waals surface area (Å²) in [6.07, 6.45) is 1.47. The van der Waals surface area contributed by atoms with Crippen LogP contribution in [0.1, 0.15) is 6.42 Å². The molecule has 0 amide bonds. The molecule has 5 heteroatoms. The maximum absolute atomic E-state index is 5.89. The van der Waals surface area contributed by atoms with E-state index in [9.17, 15) is 0 Å². The lowest BCUT2D eigenvalue weighted by Crippen LogP contribution is -2.28. The predicted octanol–water partition coefficient (Wildman–Crippen LogP) is 1.52.